The lowest BCUT2D eigenvalue weighted by atomic mass is 9.92. The van der Waals surface area contributed by atoms with Crippen molar-refractivity contribution in [2.24, 2.45) is 0 Å². The van der Waals surface area contributed by atoms with Crippen LogP contribution in [-0.2, 0) is 22.9 Å². The van der Waals surface area contributed by atoms with Crippen LogP contribution in [0.3, 0.4) is 0 Å². The van der Waals surface area contributed by atoms with Gasteiger partial charge in [0.25, 0.3) is 0 Å². The largest absolute Gasteiger partial charge is 0.244 e. The fraction of sp³-hybridized carbons (Fsp3) is 0.571. The van der Waals surface area contributed by atoms with Crippen LogP contribution >= 0.6 is 11.8 Å². The predicted molar refractivity (Wildman–Crippen MR) is 78.9 cm³/mol. The van der Waals surface area contributed by atoms with E-state index in [-0.39, 0.29) is 5.37 Å². The molecule has 5 heteroatoms. The lowest BCUT2D eigenvalue weighted by molar-refractivity contribution is 0.442. The second-order valence-corrected chi connectivity index (χ2v) is 8.54. The Hall–Kier alpha value is -0.520. The molecule has 1 fully saturated rings. The van der Waals surface area contributed by atoms with Gasteiger partial charge in [0.1, 0.15) is 0 Å². The Morgan fingerprint density at radius 3 is 2.63 bits per heavy atom. The van der Waals surface area contributed by atoms with Crippen LogP contribution in [-0.4, -0.2) is 30.4 Å². The van der Waals surface area contributed by atoms with Gasteiger partial charge in [0, 0.05) is 12.3 Å². The van der Waals surface area contributed by atoms with Crippen molar-refractivity contribution in [1.82, 2.24) is 4.31 Å². The average Bonchev–Trinajstić information content (AvgIpc) is 2.85. The summed E-state index contributed by atoms with van der Waals surface area (Å²) in [6, 6.07) is 5.70. The van der Waals surface area contributed by atoms with Crippen LogP contribution in [0.25, 0.3) is 0 Å². The number of fused-ring (bicyclic) bond motifs is 1. The minimum Gasteiger partial charge on any atom is -0.207 e. The molecule has 1 unspecified atom stereocenters. The quantitative estimate of drug-likeness (QED) is 0.842. The number of aryl methyl sites for hydroxylation is 2. The first-order valence-electron chi connectivity index (χ1n) is 6.84. The van der Waals surface area contributed by atoms with Gasteiger partial charge in [-0.1, -0.05) is 6.07 Å². The second-order valence-electron chi connectivity index (χ2n) is 5.22. The smallest absolute Gasteiger partial charge is 0.207 e. The molecule has 1 atom stereocenters. The van der Waals surface area contributed by atoms with Gasteiger partial charge in [-0.25, -0.2) is 8.42 Å². The summed E-state index contributed by atoms with van der Waals surface area (Å²) in [7, 11) is -3.31. The van der Waals surface area contributed by atoms with E-state index in [0.717, 1.165) is 18.6 Å². The van der Waals surface area contributed by atoms with Crippen LogP contribution in [0, 0.1) is 0 Å². The molecule has 1 aliphatic heterocycles. The average molecular weight is 297 g/mol. The molecule has 0 N–H and O–H groups in total. The minimum absolute atomic E-state index is 0.0565. The summed E-state index contributed by atoms with van der Waals surface area (Å²) in [6.07, 6.45) is 4.50. The standard InChI is InChI=1S/C14H19NO2S2/c1-11-15(8-9-18-11)19(16,17)14-7-6-12-4-2-3-5-13(12)10-14/h6-7,10-11H,2-5,8-9H2,1H3. The van der Waals surface area contributed by atoms with E-state index in [1.165, 1.54) is 24.0 Å². The van der Waals surface area contributed by atoms with Crippen molar-refractivity contribution < 1.29 is 8.42 Å². The molecule has 2 aliphatic rings. The fourth-order valence-electron chi connectivity index (χ4n) is 2.90. The molecule has 19 heavy (non-hydrogen) atoms. The van der Waals surface area contributed by atoms with Crippen molar-refractivity contribution in [1.29, 1.82) is 0 Å². The monoisotopic (exact) mass is 297 g/mol. The summed E-state index contributed by atoms with van der Waals surface area (Å²) in [5.41, 5.74) is 2.56. The third kappa shape index (κ3) is 2.43. The Bertz CT molecular complexity index is 583. The first-order chi connectivity index (χ1) is 9.09. The molecule has 1 heterocycles. The summed E-state index contributed by atoms with van der Waals surface area (Å²) < 4.78 is 26.9. The molecule has 1 aromatic rings. The van der Waals surface area contributed by atoms with Gasteiger partial charge >= 0.3 is 0 Å². The topological polar surface area (TPSA) is 37.4 Å². The molecule has 0 bridgehead atoms. The van der Waals surface area contributed by atoms with Crippen LogP contribution in [0.15, 0.2) is 23.1 Å². The number of sulfonamides is 1. The Kier molecular flexibility index (Phi) is 3.62. The first-order valence-corrected chi connectivity index (χ1v) is 9.33. The highest BCUT2D eigenvalue weighted by molar-refractivity contribution is 8.01. The van der Waals surface area contributed by atoms with E-state index < -0.39 is 10.0 Å². The van der Waals surface area contributed by atoms with Crippen LogP contribution in [0.5, 0.6) is 0 Å². The Labute approximate surface area is 119 Å². The summed E-state index contributed by atoms with van der Waals surface area (Å²) in [6.45, 7) is 2.60. The Morgan fingerprint density at radius 1 is 1.21 bits per heavy atom. The zero-order chi connectivity index (χ0) is 13.5. The molecule has 0 amide bonds. The summed E-state index contributed by atoms with van der Waals surface area (Å²) in [4.78, 5) is 0.475. The molecule has 0 spiro atoms. The van der Waals surface area contributed by atoms with Gasteiger partial charge in [-0.05, 0) is 55.9 Å². The van der Waals surface area contributed by atoms with Crippen LogP contribution in [0.1, 0.15) is 30.9 Å². The van der Waals surface area contributed by atoms with Crippen molar-refractivity contribution >= 4 is 21.8 Å². The van der Waals surface area contributed by atoms with E-state index in [4.69, 9.17) is 0 Å². The van der Waals surface area contributed by atoms with Crippen molar-refractivity contribution in [3.05, 3.63) is 29.3 Å². The van der Waals surface area contributed by atoms with Crippen LogP contribution in [0.4, 0.5) is 0 Å². The Balaban J connectivity index is 1.97. The maximum absolute atomic E-state index is 12.6. The highest BCUT2D eigenvalue weighted by Gasteiger charge is 2.33. The van der Waals surface area contributed by atoms with Crippen molar-refractivity contribution in [2.75, 3.05) is 12.3 Å². The molecule has 1 aliphatic carbocycles. The van der Waals surface area contributed by atoms with Crippen molar-refractivity contribution in [3.63, 3.8) is 0 Å². The van der Waals surface area contributed by atoms with E-state index >= 15 is 0 Å². The fourth-order valence-corrected chi connectivity index (χ4v) is 5.98. The van der Waals surface area contributed by atoms with E-state index in [9.17, 15) is 8.42 Å². The number of hydrogen-bond donors (Lipinski definition) is 0. The Morgan fingerprint density at radius 2 is 1.95 bits per heavy atom. The highest BCUT2D eigenvalue weighted by atomic mass is 32.2. The van der Waals surface area contributed by atoms with Gasteiger partial charge in [-0.3, -0.25) is 0 Å². The van der Waals surface area contributed by atoms with Gasteiger partial charge in [0.05, 0.1) is 10.3 Å². The van der Waals surface area contributed by atoms with Crippen molar-refractivity contribution in [3.8, 4) is 0 Å². The van der Waals surface area contributed by atoms with Gasteiger partial charge in [-0.15, -0.1) is 11.8 Å². The third-order valence-electron chi connectivity index (χ3n) is 4.00. The maximum atomic E-state index is 12.6. The molecule has 3 nitrogen and oxygen atoms in total. The van der Waals surface area contributed by atoms with E-state index in [1.54, 1.807) is 22.1 Å². The number of thioether (sulfide) groups is 1. The SMILES string of the molecule is CC1SCCN1S(=O)(=O)c1ccc2c(c1)CCCC2. The zero-order valence-corrected chi connectivity index (χ0v) is 12.8. The molecule has 104 valence electrons. The molecule has 1 aromatic carbocycles. The van der Waals surface area contributed by atoms with Crippen molar-refractivity contribution in [2.45, 2.75) is 42.9 Å². The van der Waals surface area contributed by atoms with Gasteiger partial charge in [0.2, 0.25) is 10.0 Å². The van der Waals surface area contributed by atoms with Gasteiger partial charge in [-0.2, -0.15) is 4.31 Å². The number of nitrogens with zero attached hydrogens (tertiary/aromatic N) is 1. The molecule has 0 aromatic heterocycles. The second kappa shape index (κ2) is 5.11. The molecule has 0 saturated carbocycles. The zero-order valence-electron chi connectivity index (χ0n) is 11.1. The molecular formula is C14H19NO2S2. The number of hydrogen-bond acceptors (Lipinski definition) is 3. The predicted octanol–water partition coefficient (Wildman–Crippen LogP) is 2.65. The molecular weight excluding hydrogens is 278 g/mol. The van der Waals surface area contributed by atoms with Crippen LogP contribution in [0.2, 0.25) is 0 Å². The number of rotatable bonds is 2. The molecule has 3 rings (SSSR count). The van der Waals surface area contributed by atoms with Gasteiger partial charge in [0.15, 0.2) is 0 Å². The molecule has 1 saturated heterocycles. The highest BCUT2D eigenvalue weighted by Crippen LogP contribution is 2.31. The lowest BCUT2D eigenvalue weighted by Crippen LogP contribution is -2.33. The first kappa shape index (κ1) is 13.5. The minimum atomic E-state index is -3.31. The number of benzene rings is 1. The van der Waals surface area contributed by atoms with E-state index in [2.05, 4.69) is 0 Å². The molecule has 0 radical (unpaired) electrons. The summed E-state index contributed by atoms with van der Waals surface area (Å²) >= 11 is 1.70. The summed E-state index contributed by atoms with van der Waals surface area (Å²) in [5.74, 6) is 0.894. The van der Waals surface area contributed by atoms with Crippen LogP contribution < -0.4 is 0 Å². The summed E-state index contributed by atoms with van der Waals surface area (Å²) in [5, 5.41) is 0.0565. The van der Waals surface area contributed by atoms with E-state index in [1.807, 2.05) is 19.1 Å². The van der Waals surface area contributed by atoms with Gasteiger partial charge < -0.3 is 0 Å². The normalized spacial score (nSPS) is 24.4. The lowest BCUT2D eigenvalue weighted by Gasteiger charge is -2.22. The third-order valence-corrected chi connectivity index (χ3v) is 7.26. The van der Waals surface area contributed by atoms with E-state index in [0.29, 0.717) is 11.4 Å². The maximum Gasteiger partial charge on any atom is 0.244 e.